The van der Waals surface area contributed by atoms with Gasteiger partial charge in [-0.1, -0.05) is 0 Å². The molecular weight excluding hydrogens is 369 g/mol. The maximum atomic E-state index is 2.58. The maximum absolute atomic E-state index is 2.58. The van der Waals surface area contributed by atoms with Gasteiger partial charge in [-0.25, -0.2) is 0 Å². The molecule has 0 amide bonds. The van der Waals surface area contributed by atoms with Crippen molar-refractivity contribution in [1.29, 1.82) is 0 Å². The minimum absolute atomic E-state index is 0.137. The fourth-order valence-electron chi connectivity index (χ4n) is 6.02. The Kier molecular flexibility index (Phi) is 5.23. The van der Waals surface area contributed by atoms with Gasteiger partial charge in [0.05, 0.1) is 0 Å². The van der Waals surface area contributed by atoms with Crippen molar-refractivity contribution in [2.45, 2.75) is 71.8 Å². The molecule has 0 N–H and O–H groups in total. The Morgan fingerprint density at radius 2 is 0.571 bits per heavy atom. The Hall–Kier alpha value is -0.690. The first-order valence-electron chi connectivity index (χ1n) is 10.8. The minimum atomic E-state index is -2.41. The summed E-state index contributed by atoms with van der Waals surface area (Å²) < 4.78 is 0.412. The molecule has 0 aromatic rings. The van der Waals surface area contributed by atoms with Gasteiger partial charge in [0, 0.05) is 0 Å². The summed E-state index contributed by atoms with van der Waals surface area (Å²) in [4.78, 5) is 0. The molecule has 0 radical (unpaired) electrons. The predicted octanol–water partition coefficient (Wildman–Crippen LogP) is 8.60. The molecule has 0 saturated heterocycles. The molecule has 28 heavy (non-hydrogen) atoms. The molecule has 0 spiro atoms. The zero-order valence-electron chi connectivity index (χ0n) is 19.5. The quantitative estimate of drug-likeness (QED) is 0.438. The Morgan fingerprint density at radius 3 is 0.714 bits per heavy atom. The zero-order chi connectivity index (χ0) is 21.1. The summed E-state index contributed by atoms with van der Waals surface area (Å²) in [6.07, 6.45) is 29.4. The Bertz CT molecular complexity index is 645. The number of hydrogen-bond acceptors (Lipinski definition) is 0. The van der Waals surface area contributed by atoms with Crippen LogP contribution in [0, 0.1) is 16.2 Å². The fourth-order valence-corrected chi connectivity index (χ4v) is 16.6. The predicted molar refractivity (Wildman–Crippen MR) is 121 cm³/mol. The summed E-state index contributed by atoms with van der Waals surface area (Å²) in [5.74, 6) is 0. The van der Waals surface area contributed by atoms with E-state index in [9.17, 15) is 0 Å². The molecule has 0 nitrogen and oxygen atoms in total. The van der Waals surface area contributed by atoms with Crippen LogP contribution in [0.25, 0.3) is 0 Å². The molecule has 1 heteroatoms. The SMILES string of the molecule is CC(C)(C)[C]1([Sc]([C]2(C(C)(C)C)C=CC=C2)[C]2(C(C)(C)C)C=CC=C2)C=CC=C1. The van der Waals surface area contributed by atoms with Crippen molar-refractivity contribution in [3.63, 3.8) is 0 Å². The molecule has 150 valence electrons. The summed E-state index contributed by atoms with van der Waals surface area (Å²) in [6, 6.07) is 0. The third-order valence-corrected chi connectivity index (χ3v) is 18.2. The second-order valence-electron chi connectivity index (χ2n) is 12.1. The molecule has 0 heterocycles. The van der Waals surface area contributed by atoms with Gasteiger partial charge < -0.3 is 0 Å². The van der Waals surface area contributed by atoms with Gasteiger partial charge in [-0.05, 0) is 0 Å². The van der Waals surface area contributed by atoms with Gasteiger partial charge in [0.15, 0.2) is 0 Å². The van der Waals surface area contributed by atoms with Gasteiger partial charge in [-0.2, -0.15) is 0 Å². The van der Waals surface area contributed by atoms with E-state index in [2.05, 4.69) is 135 Å². The molecule has 3 rings (SSSR count). The molecular formula is C27H39Sc. The van der Waals surface area contributed by atoms with Crippen LogP contribution in [-0.2, 0) is 21.4 Å². The van der Waals surface area contributed by atoms with Crippen LogP contribution in [0.1, 0.15) is 62.3 Å². The topological polar surface area (TPSA) is 0 Å². The Balaban J connectivity index is 2.44. The van der Waals surface area contributed by atoms with Crippen molar-refractivity contribution in [3.05, 3.63) is 72.9 Å². The second-order valence-corrected chi connectivity index (χ2v) is 18.0. The molecule has 0 aromatic carbocycles. The Morgan fingerprint density at radius 1 is 0.393 bits per heavy atom. The van der Waals surface area contributed by atoms with E-state index in [-0.39, 0.29) is 25.8 Å². The molecule has 3 aliphatic carbocycles. The molecule has 0 unspecified atom stereocenters. The van der Waals surface area contributed by atoms with Crippen molar-refractivity contribution in [2.24, 2.45) is 16.2 Å². The normalized spacial score (nSPS) is 23.9. The third kappa shape index (κ3) is 2.94. The van der Waals surface area contributed by atoms with Crippen LogP contribution in [0.3, 0.4) is 0 Å². The van der Waals surface area contributed by atoms with E-state index in [1.165, 1.54) is 0 Å². The van der Waals surface area contributed by atoms with E-state index < -0.39 is 21.4 Å². The van der Waals surface area contributed by atoms with Crippen LogP contribution in [-0.4, -0.2) is 0 Å². The van der Waals surface area contributed by atoms with Crippen LogP contribution in [0.2, 0.25) is 9.51 Å². The number of hydrogen-bond donors (Lipinski definition) is 0. The summed E-state index contributed by atoms with van der Waals surface area (Å²) in [5, 5.41) is 0. The van der Waals surface area contributed by atoms with Gasteiger partial charge >= 0.3 is 182 Å². The van der Waals surface area contributed by atoms with Gasteiger partial charge in [0.1, 0.15) is 0 Å². The van der Waals surface area contributed by atoms with Crippen LogP contribution in [0.4, 0.5) is 0 Å². The van der Waals surface area contributed by atoms with Gasteiger partial charge in [0.25, 0.3) is 0 Å². The molecule has 0 fully saturated rings. The van der Waals surface area contributed by atoms with Crippen LogP contribution in [0.5, 0.6) is 0 Å². The van der Waals surface area contributed by atoms with Gasteiger partial charge in [0.2, 0.25) is 0 Å². The standard InChI is InChI=1S/3C9H13.Sc/c3*1-9(2,3)8-6-4-5-7-8;/h3*4-7H,1-3H3;. The average molecular weight is 409 g/mol. The number of allylic oxidation sites excluding steroid dienone is 12. The van der Waals surface area contributed by atoms with Crippen LogP contribution < -0.4 is 0 Å². The number of rotatable bonds is 3. The first-order chi connectivity index (χ1) is 12.7. The van der Waals surface area contributed by atoms with E-state index in [1.807, 2.05) is 0 Å². The van der Waals surface area contributed by atoms with E-state index in [4.69, 9.17) is 0 Å². The third-order valence-electron chi connectivity index (χ3n) is 7.90. The van der Waals surface area contributed by atoms with Crippen molar-refractivity contribution in [3.8, 4) is 0 Å². The van der Waals surface area contributed by atoms with E-state index in [1.54, 1.807) is 0 Å². The zero-order valence-corrected chi connectivity index (χ0v) is 21.3. The van der Waals surface area contributed by atoms with Crippen LogP contribution >= 0.6 is 0 Å². The summed E-state index contributed by atoms with van der Waals surface area (Å²) in [5.41, 5.74) is 0.518. The van der Waals surface area contributed by atoms with Gasteiger partial charge in [-0.3, -0.25) is 0 Å². The Labute approximate surface area is 181 Å². The van der Waals surface area contributed by atoms with E-state index >= 15 is 0 Å². The first kappa shape index (κ1) is 22.0. The molecule has 0 aliphatic heterocycles. The summed E-state index contributed by atoms with van der Waals surface area (Å²) in [7, 11) is 0. The van der Waals surface area contributed by atoms with E-state index in [0.717, 1.165) is 0 Å². The van der Waals surface area contributed by atoms with Crippen molar-refractivity contribution < 1.29 is 21.4 Å². The first-order valence-corrected chi connectivity index (χ1v) is 13.6. The summed E-state index contributed by atoms with van der Waals surface area (Å²) >= 11 is -2.41. The second kappa shape index (κ2) is 6.66. The van der Waals surface area contributed by atoms with Crippen LogP contribution in [0.15, 0.2) is 72.9 Å². The molecule has 0 bridgehead atoms. The molecule has 0 aromatic heterocycles. The molecule has 0 saturated carbocycles. The van der Waals surface area contributed by atoms with Gasteiger partial charge in [-0.15, -0.1) is 0 Å². The molecule has 0 atom stereocenters. The fraction of sp³-hybridized carbons (Fsp3) is 0.556. The average Bonchev–Trinajstić information content (AvgIpc) is 3.27. The van der Waals surface area contributed by atoms with Crippen molar-refractivity contribution >= 4 is 0 Å². The summed E-state index contributed by atoms with van der Waals surface area (Å²) in [6.45, 7) is 22.1. The van der Waals surface area contributed by atoms with Crippen molar-refractivity contribution in [1.82, 2.24) is 0 Å². The van der Waals surface area contributed by atoms with E-state index in [0.29, 0.717) is 0 Å². The monoisotopic (exact) mass is 408 g/mol. The molecule has 3 aliphatic rings. The van der Waals surface area contributed by atoms with Crippen molar-refractivity contribution in [2.75, 3.05) is 0 Å².